The highest BCUT2D eigenvalue weighted by molar-refractivity contribution is 7.96. The molecule has 25 heavy (non-hydrogen) atoms. The summed E-state index contributed by atoms with van der Waals surface area (Å²) in [4.78, 5) is 26.2. The van der Waals surface area contributed by atoms with Gasteiger partial charge in [0.05, 0.1) is 11.5 Å². The summed E-state index contributed by atoms with van der Waals surface area (Å²) >= 11 is 8.12. The van der Waals surface area contributed by atoms with Crippen LogP contribution >= 0.6 is 25.3 Å². The minimum atomic E-state index is -0.617. The van der Waals surface area contributed by atoms with Gasteiger partial charge in [0.2, 0.25) is 11.0 Å². The maximum Gasteiger partial charge on any atom is 0.227 e. The zero-order valence-corrected chi connectivity index (χ0v) is 17.5. The first-order chi connectivity index (χ1) is 11.6. The molecule has 140 valence electrons. The average Bonchev–Trinajstić information content (AvgIpc) is 2.57. The molecule has 1 N–H and O–H groups in total. The normalized spacial score (nSPS) is 12.8. The van der Waals surface area contributed by atoms with Gasteiger partial charge in [-0.1, -0.05) is 26.0 Å². The summed E-state index contributed by atoms with van der Waals surface area (Å²) in [5.41, 5.74) is 1.67. The lowest BCUT2D eigenvalue weighted by Gasteiger charge is -2.25. The Balaban J connectivity index is 2.69. The molecule has 0 unspecified atom stereocenters. The van der Waals surface area contributed by atoms with E-state index in [-0.39, 0.29) is 11.0 Å². The Morgan fingerprint density at radius 1 is 1.20 bits per heavy atom. The van der Waals surface area contributed by atoms with Crippen LogP contribution in [0.4, 0.5) is 5.69 Å². The molecule has 1 aromatic carbocycles. The number of nitrogens with one attached hydrogen (secondary N) is 1. The van der Waals surface area contributed by atoms with Crippen molar-refractivity contribution in [2.45, 2.75) is 52.6 Å². The zero-order chi connectivity index (χ0) is 19.2. The fourth-order valence-electron chi connectivity index (χ4n) is 2.19. The number of benzene rings is 1. The number of hydrogen-bond donors (Lipinski definition) is 3. The van der Waals surface area contributed by atoms with Crippen LogP contribution in [0.5, 0.6) is 0 Å². The number of anilines is 1. The van der Waals surface area contributed by atoms with E-state index >= 15 is 0 Å². The van der Waals surface area contributed by atoms with Crippen molar-refractivity contribution >= 4 is 42.0 Å². The van der Waals surface area contributed by atoms with Crippen molar-refractivity contribution in [1.82, 2.24) is 5.32 Å². The lowest BCUT2D eigenvalue weighted by Crippen LogP contribution is -2.46. The number of nitrogens with zero attached hydrogens (tertiary/aromatic N) is 1. The topological polar surface area (TPSA) is 49.4 Å². The van der Waals surface area contributed by atoms with Gasteiger partial charge in [-0.25, -0.2) is 0 Å². The molecule has 1 rings (SSSR count). The molecular formula is C19H30N2O2S2. The zero-order valence-electron chi connectivity index (χ0n) is 15.7. The summed E-state index contributed by atoms with van der Waals surface area (Å²) in [5, 5.41) is 2.48. The predicted octanol–water partition coefficient (Wildman–Crippen LogP) is 3.36. The largest absolute Gasteiger partial charge is 0.372 e. The van der Waals surface area contributed by atoms with Crippen LogP contribution in [-0.2, 0) is 16.0 Å². The van der Waals surface area contributed by atoms with Crippen LogP contribution in [0.1, 0.15) is 39.7 Å². The quantitative estimate of drug-likeness (QED) is 0.574. The standard InChI is InChI=1S/C19H30N2O2S2/c1-13(2)21(5)15-9-6-14(7-10-15)8-11-16(17(22)25)20-18(23)19(3,4)12-24/h6-7,9-10,13,16,24H,8,11-12H2,1-5H3,(H,20,23)(H,22,25)/t16-/m1/s1. The molecule has 6 heteroatoms. The average molecular weight is 383 g/mol. The molecule has 0 heterocycles. The Labute approximate surface area is 162 Å². The molecule has 0 aliphatic rings. The van der Waals surface area contributed by atoms with Crippen molar-refractivity contribution in [3.8, 4) is 0 Å². The third-order valence-corrected chi connectivity index (χ3v) is 5.56. The second-order valence-electron chi connectivity index (χ2n) is 7.32. The molecule has 0 saturated heterocycles. The van der Waals surface area contributed by atoms with Crippen LogP contribution in [0.2, 0.25) is 0 Å². The van der Waals surface area contributed by atoms with Crippen molar-refractivity contribution in [3.63, 3.8) is 0 Å². The maximum absolute atomic E-state index is 12.3. The first-order valence-electron chi connectivity index (χ1n) is 8.55. The maximum atomic E-state index is 12.3. The van der Waals surface area contributed by atoms with Gasteiger partial charge < -0.3 is 10.2 Å². The number of amides is 1. The Morgan fingerprint density at radius 2 is 1.76 bits per heavy atom. The Kier molecular flexibility index (Phi) is 8.35. The van der Waals surface area contributed by atoms with E-state index in [1.54, 1.807) is 13.8 Å². The van der Waals surface area contributed by atoms with Gasteiger partial charge in [0.1, 0.15) is 0 Å². The second-order valence-corrected chi connectivity index (χ2v) is 8.07. The number of aryl methyl sites for hydroxylation is 1. The lowest BCUT2D eigenvalue weighted by atomic mass is 9.94. The van der Waals surface area contributed by atoms with Gasteiger partial charge in [0, 0.05) is 24.5 Å². The Bertz CT molecular complexity index is 586. The van der Waals surface area contributed by atoms with E-state index in [0.29, 0.717) is 24.6 Å². The van der Waals surface area contributed by atoms with Gasteiger partial charge in [-0.15, -0.1) is 12.6 Å². The molecule has 0 aromatic heterocycles. The molecule has 0 fully saturated rings. The van der Waals surface area contributed by atoms with Gasteiger partial charge in [0.15, 0.2) is 0 Å². The molecule has 1 amide bonds. The molecule has 0 radical (unpaired) electrons. The number of hydrogen-bond acceptors (Lipinski definition) is 4. The van der Waals surface area contributed by atoms with Gasteiger partial charge in [-0.05, 0) is 44.4 Å². The van der Waals surface area contributed by atoms with Gasteiger partial charge in [-0.3, -0.25) is 9.59 Å². The van der Waals surface area contributed by atoms with E-state index in [1.807, 2.05) is 0 Å². The molecule has 0 bridgehead atoms. The molecule has 1 aromatic rings. The smallest absolute Gasteiger partial charge is 0.227 e. The highest BCUT2D eigenvalue weighted by Gasteiger charge is 2.29. The summed E-state index contributed by atoms with van der Waals surface area (Å²) < 4.78 is 0. The van der Waals surface area contributed by atoms with E-state index < -0.39 is 11.5 Å². The van der Waals surface area contributed by atoms with E-state index in [1.165, 1.54) is 0 Å². The third kappa shape index (κ3) is 6.59. The summed E-state index contributed by atoms with van der Waals surface area (Å²) in [5.74, 6) is 0.237. The number of carbonyl (C=O) groups is 2. The van der Waals surface area contributed by atoms with E-state index in [4.69, 9.17) is 0 Å². The second kappa shape index (κ2) is 9.53. The van der Waals surface area contributed by atoms with Crippen molar-refractivity contribution in [3.05, 3.63) is 29.8 Å². The van der Waals surface area contributed by atoms with Gasteiger partial charge >= 0.3 is 0 Å². The fourth-order valence-corrected chi connectivity index (χ4v) is 2.53. The van der Waals surface area contributed by atoms with Crippen LogP contribution < -0.4 is 10.2 Å². The Hall–Kier alpha value is -1.14. The summed E-state index contributed by atoms with van der Waals surface area (Å²) in [7, 11) is 2.06. The van der Waals surface area contributed by atoms with Crippen LogP contribution in [0.15, 0.2) is 24.3 Å². The summed E-state index contributed by atoms with van der Waals surface area (Å²) in [6, 6.07) is 8.13. The van der Waals surface area contributed by atoms with E-state index in [9.17, 15) is 9.59 Å². The highest BCUT2D eigenvalue weighted by atomic mass is 32.1. The van der Waals surface area contributed by atoms with E-state index in [0.717, 1.165) is 11.3 Å². The van der Waals surface area contributed by atoms with Crippen LogP contribution in [0, 0.1) is 5.41 Å². The first kappa shape index (κ1) is 21.9. The van der Waals surface area contributed by atoms with Crippen molar-refractivity contribution in [1.29, 1.82) is 0 Å². The fraction of sp³-hybridized carbons (Fsp3) is 0.579. The molecular weight excluding hydrogens is 352 g/mol. The van der Waals surface area contributed by atoms with Crippen molar-refractivity contribution < 1.29 is 9.59 Å². The predicted molar refractivity (Wildman–Crippen MR) is 112 cm³/mol. The first-order valence-corrected chi connectivity index (χ1v) is 9.63. The third-order valence-electron chi connectivity index (χ3n) is 4.45. The lowest BCUT2D eigenvalue weighted by molar-refractivity contribution is -0.130. The summed E-state index contributed by atoms with van der Waals surface area (Å²) in [6.07, 6.45) is 1.22. The summed E-state index contributed by atoms with van der Waals surface area (Å²) in [6.45, 7) is 7.90. The Morgan fingerprint density at radius 3 is 2.20 bits per heavy atom. The number of carbonyl (C=O) groups excluding carboxylic acids is 2. The highest BCUT2D eigenvalue weighted by Crippen LogP contribution is 2.19. The van der Waals surface area contributed by atoms with E-state index in [2.05, 4.69) is 80.6 Å². The molecule has 0 aliphatic carbocycles. The van der Waals surface area contributed by atoms with Crippen LogP contribution in [-0.4, -0.2) is 35.9 Å². The van der Waals surface area contributed by atoms with Crippen LogP contribution in [0.25, 0.3) is 0 Å². The van der Waals surface area contributed by atoms with Crippen molar-refractivity contribution in [2.24, 2.45) is 5.41 Å². The van der Waals surface area contributed by atoms with Crippen LogP contribution in [0.3, 0.4) is 0 Å². The molecule has 1 atom stereocenters. The molecule has 0 aliphatic heterocycles. The van der Waals surface area contributed by atoms with Crippen molar-refractivity contribution in [2.75, 3.05) is 17.7 Å². The minimum absolute atomic E-state index is 0.177. The number of thiol groups is 2. The molecule has 4 nitrogen and oxygen atoms in total. The van der Waals surface area contributed by atoms with Gasteiger partial charge in [0.25, 0.3) is 0 Å². The SMILES string of the molecule is CC(C)N(C)c1ccc(CC[C@@H](NC(=O)C(C)(C)CS)C(=O)S)cc1. The monoisotopic (exact) mass is 382 g/mol. The number of rotatable bonds is 9. The van der Waals surface area contributed by atoms with Gasteiger partial charge in [-0.2, -0.15) is 12.6 Å². The molecule has 0 saturated carbocycles. The minimum Gasteiger partial charge on any atom is -0.372 e. The molecule has 0 spiro atoms.